The monoisotopic (exact) mass is 295 g/mol. The van der Waals surface area contributed by atoms with Crippen molar-refractivity contribution in [2.45, 2.75) is 0 Å². The van der Waals surface area contributed by atoms with Crippen LogP contribution in [0.15, 0.2) is 60.8 Å². The average Bonchev–Trinajstić information content (AvgIpc) is 2.51. The molecule has 0 saturated carbocycles. The number of carbonyl (C=O) groups excluding carboxylic acids is 1. The molecule has 3 rings (SSSR count). The second kappa shape index (κ2) is 5.85. The molecule has 1 aromatic heterocycles. The Balaban J connectivity index is 1.94. The van der Waals surface area contributed by atoms with E-state index in [1.54, 1.807) is 12.3 Å². The van der Waals surface area contributed by atoms with E-state index in [9.17, 15) is 13.6 Å². The van der Waals surface area contributed by atoms with Crippen LogP contribution in [0.25, 0.3) is 17.0 Å². The van der Waals surface area contributed by atoms with Crippen molar-refractivity contribution in [2.75, 3.05) is 0 Å². The molecule has 0 fully saturated rings. The number of halogens is 2. The minimum absolute atomic E-state index is 0.0260. The molecule has 0 atom stereocenters. The van der Waals surface area contributed by atoms with Crippen molar-refractivity contribution in [3.8, 4) is 0 Å². The molecule has 0 N–H and O–H groups in total. The summed E-state index contributed by atoms with van der Waals surface area (Å²) in [7, 11) is 0. The van der Waals surface area contributed by atoms with Crippen LogP contribution in [-0.4, -0.2) is 10.8 Å². The summed E-state index contributed by atoms with van der Waals surface area (Å²) < 4.78 is 26.3. The highest BCUT2D eigenvalue weighted by atomic mass is 19.1. The molecule has 0 saturated heterocycles. The smallest absolute Gasteiger partial charge is 0.186 e. The molecular weight excluding hydrogens is 284 g/mol. The van der Waals surface area contributed by atoms with Gasteiger partial charge in [0, 0.05) is 28.8 Å². The third kappa shape index (κ3) is 2.91. The number of fused-ring (bicyclic) bond motifs is 1. The second-order valence-electron chi connectivity index (χ2n) is 4.78. The van der Waals surface area contributed by atoms with Gasteiger partial charge in [-0.3, -0.25) is 9.78 Å². The minimum atomic E-state index is -0.774. The highest BCUT2D eigenvalue weighted by molar-refractivity contribution is 6.07. The predicted molar refractivity (Wildman–Crippen MR) is 81.5 cm³/mol. The highest BCUT2D eigenvalue weighted by Gasteiger charge is 2.07. The zero-order valence-electron chi connectivity index (χ0n) is 11.5. The quantitative estimate of drug-likeness (QED) is 0.529. The van der Waals surface area contributed by atoms with Crippen LogP contribution in [0.5, 0.6) is 0 Å². The van der Waals surface area contributed by atoms with E-state index in [-0.39, 0.29) is 5.56 Å². The topological polar surface area (TPSA) is 30.0 Å². The lowest BCUT2D eigenvalue weighted by Gasteiger charge is -2.01. The van der Waals surface area contributed by atoms with Crippen molar-refractivity contribution in [1.29, 1.82) is 0 Å². The van der Waals surface area contributed by atoms with Crippen molar-refractivity contribution >= 4 is 22.8 Å². The lowest BCUT2D eigenvalue weighted by molar-refractivity contribution is 0.104. The van der Waals surface area contributed by atoms with Crippen LogP contribution in [0.3, 0.4) is 0 Å². The van der Waals surface area contributed by atoms with Gasteiger partial charge < -0.3 is 0 Å². The fourth-order valence-corrected chi connectivity index (χ4v) is 2.22. The molecular formula is C18H11F2NO. The molecule has 0 aliphatic heterocycles. The Kier molecular flexibility index (Phi) is 3.74. The number of aromatic nitrogens is 1. The molecule has 0 aliphatic carbocycles. The lowest BCUT2D eigenvalue weighted by atomic mass is 10.1. The Morgan fingerprint density at radius 1 is 1.00 bits per heavy atom. The molecule has 1 heterocycles. The maximum Gasteiger partial charge on any atom is 0.186 e. The number of allylic oxidation sites excluding steroid dienone is 1. The molecule has 3 aromatic rings. The van der Waals surface area contributed by atoms with Gasteiger partial charge in [-0.05, 0) is 30.4 Å². The molecule has 2 aromatic carbocycles. The highest BCUT2D eigenvalue weighted by Crippen LogP contribution is 2.18. The maximum absolute atomic E-state index is 13.1. The molecule has 0 radical (unpaired) electrons. The summed E-state index contributed by atoms with van der Waals surface area (Å²) in [6, 6.07) is 12.1. The normalized spacial score (nSPS) is 11.2. The summed E-state index contributed by atoms with van der Waals surface area (Å²) in [5.74, 6) is -2.02. The van der Waals surface area contributed by atoms with Gasteiger partial charge in [0.25, 0.3) is 0 Å². The van der Waals surface area contributed by atoms with Gasteiger partial charge in [-0.15, -0.1) is 0 Å². The van der Waals surface area contributed by atoms with Gasteiger partial charge >= 0.3 is 0 Å². The summed E-state index contributed by atoms with van der Waals surface area (Å²) in [6.07, 6.45) is 4.56. The number of para-hydroxylation sites is 1. The largest absolute Gasteiger partial charge is 0.289 e. The molecule has 4 heteroatoms. The van der Waals surface area contributed by atoms with Gasteiger partial charge in [-0.25, -0.2) is 8.78 Å². The zero-order valence-corrected chi connectivity index (χ0v) is 11.5. The molecule has 0 aliphatic rings. The first-order chi connectivity index (χ1) is 10.6. The average molecular weight is 295 g/mol. The minimum Gasteiger partial charge on any atom is -0.289 e. The number of hydrogen-bond acceptors (Lipinski definition) is 2. The third-order valence-electron chi connectivity index (χ3n) is 3.23. The van der Waals surface area contributed by atoms with Crippen LogP contribution in [0.4, 0.5) is 8.78 Å². The molecule has 0 spiro atoms. The summed E-state index contributed by atoms with van der Waals surface area (Å²) in [5, 5.41) is 0.953. The van der Waals surface area contributed by atoms with Gasteiger partial charge in [0.15, 0.2) is 5.78 Å². The molecule has 22 heavy (non-hydrogen) atoms. The number of carbonyl (C=O) groups is 1. The van der Waals surface area contributed by atoms with Gasteiger partial charge in [-0.2, -0.15) is 0 Å². The van der Waals surface area contributed by atoms with E-state index in [2.05, 4.69) is 4.98 Å². The number of nitrogens with zero attached hydrogens (tertiary/aromatic N) is 1. The Labute approximate surface area is 125 Å². The van der Waals surface area contributed by atoms with Crippen LogP contribution in [0.1, 0.15) is 15.9 Å². The first kappa shape index (κ1) is 14.1. The van der Waals surface area contributed by atoms with E-state index >= 15 is 0 Å². The van der Waals surface area contributed by atoms with Crippen molar-refractivity contribution < 1.29 is 13.6 Å². The standard InChI is InChI=1S/C18H11F2NO/c19-15-9-14(10-16(20)11-15)17(22)7-6-13-4-1-3-12-5-2-8-21-18(12)13/h1-11H/b7-6+. The Hall–Kier alpha value is -2.88. The van der Waals surface area contributed by atoms with E-state index in [1.165, 1.54) is 6.08 Å². The second-order valence-corrected chi connectivity index (χ2v) is 4.78. The fraction of sp³-hybridized carbons (Fsp3) is 0. The van der Waals surface area contributed by atoms with Crippen LogP contribution in [0.2, 0.25) is 0 Å². The maximum atomic E-state index is 13.1. The van der Waals surface area contributed by atoms with Crippen molar-refractivity contribution in [1.82, 2.24) is 4.98 Å². The Morgan fingerprint density at radius 3 is 2.50 bits per heavy atom. The Morgan fingerprint density at radius 2 is 1.73 bits per heavy atom. The van der Waals surface area contributed by atoms with Crippen LogP contribution < -0.4 is 0 Å². The van der Waals surface area contributed by atoms with Gasteiger partial charge in [0.1, 0.15) is 11.6 Å². The van der Waals surface area contributed by atoms with Crippen LogP contribution in [-0.2, 0) is 0 Å². The van der Waals surface area contributed by atoms with Gasteiger partial charge in [-0.1, -0.05) is 24.3 Å². The van der Waals surface area contributed by atoms with Gasteiger partial charge in [0.2, 0.25) is 0 Å². The predicted octanol–water partition coefficient (Wildman–Crippen LogP) is 4.41. The zero-order chi connectivity index (χ0) is 15.5. The van der Waals surface area contributed by atoms with E-state index in [4.69, 9.17) is 0 Å². The van der Waals surface area contributed by atoms with Crippen LogP contribution in [0, 0.1) is 11.6 Å². The van der Waals surface area contributed by atoms with E-state index in [0.717, 1.165) is 34.7 Å². The van der Waals surface area contributed by atoms with E-state index in [0.29, 0.717) is 0 Å². The van der Waals surface area contributed by atoms with Crippen LogP contribution >= 0.6 is 0 Å². The number of benzene rings is 2. The summed E-state index contributed by atoms with van der Waals surface area (Å²) in [5.41, 5.74) is 1.50. The summed E-state index contributed by atoms with van der Waals surface area (Å²) >= 11 is 0. The van der Waals surface area contributed by atoms with E-state index in [1.807, 2.05) is 30.3 Å². The molecule has 0 unspecified atom stereocenters. The van der Waals surface area contributed by atoms with Crippen molar-refractivity contribution in [2.24, 2.45) is 0 Å². The molecule has 108 valence electrons. The van der Waals surface area contributed by atoms with E-state index < -0.39 is 17.4 Å². The first-order valence-corrected chi connectivity index (χ1v) is 6.66. The SMILES string of the molecule is O=C(/C=C/c1cccc2cccnc12)c1cc(F)cc(F)c1. The third-order valence-corrected chi connectivity index (χ3v) is 3.23. The Bertz CT molecular complexity index is 862. The lowest BCUT2D eigenvalue weighted by Crippen LogP contribution is -1.96. The molecule has 2 nitrogen and oxygen atoms in total. The van der Waals surface area contributed by atoms with Gasteiger partial charge in [0.05, 0.1) is 5.52 Å². The number of rotatable bonds is 3. The summed E-state index contributed by atoms with van der Waals surface area (Å²) in [6.45, 7) is 0. The summed E-state index contributed by atoms with van der Waals surface area (Å²) in [4.78, 5) is 16.3. The number of pyridine rings is 1. The number of ketones is 1. The van der Waals surface area contributed by atoms with Crippen molar-refractivity contribution in [3.05, 3.63) is 83.6 Å². The molecule has 0 amide bonds. The van der Waals surface area contributed by atoms with Crippen molar-refractivity contribution in [3.63, 3.8) is 0 Å². The molecule has 0 bridgehead atoms. The first-order valence-electron chi connectivity index (χ1n) is 6.66. The number of hydrogen-bond donors (Lipinski definition) is 0. The fourth-order valence-electron chi connectivity index (χ4n) is 2.22.